The van der Waals surface area contributed by atoms with E-state index >= 15 is 0 Å². The van der Waals surface area contributed by atoms with Crippen LogP contribution in [0.1, 0.15) is 18.4 Å². The van der Waals surface area contributed by atoms with Crippen LogP contribution in [0.25, 0.3) is 10.2 Å². The summed E-state index contributed by atoms with van der Waals surface area (Å²) in [4.78, 5) is 21.8. The van der Waals surface area contributed by atoms with Crippen LogP contribution in [0, 0.1) is 11.8 Å². The maximum Gasteiger partial charge on any atom is 0.279 e. The van der Waals surface area contributed by atoms with Crippen molar-refractivity contribution in [2.45, 2.75) is 25.5 Å². The second-order valence-electron chi connectivity index (χ2n) is 9.15. The summed E-state index contributed by atoms with van der Waals surface area (Å²) in [5.74, 6) is 2.20. The first-order chi connectivity index (χ1) is 15.7. The van der Waals surface area contributed by atoms with Crippen molar-refractivity contribution in [3.8, 4) is 10.9 Å². The Morgan fingerprint density at radius 3 is 2.56 bits per heavy atom. The van der Waals surface area contributed by atoms with Gasteiger partial charge in [0, 0.05) is 39.3 Å². The van der Waals surface area contributed by atoms with Gasteiger partial charge in [0.05, 0.1) is 10.2 Å². The molecule has 3 saturated heterocycles. The van der Waals surface area contributed by atoms with Crippen LogP contribution in [0.5, 0.6) is 10.9 Å². The molecule has 166 valence electrons. The van der Waals surface area contributed by atoms with E-state index in [2.05, 4.69) is 33.0 Å². The first-order valence-electron chi connectivity index (χ1n) is 11.5. The van der Waals surface area contributed by atoms with Gasteiger partial charge < -0.3 is 14.4 Å². The molecule has 1 aromatic heterocycles. The number of thiazole rings is 1. The zero-order valence-electron chi connectivity index (χ0n) is 18.0. The molecule has 3 aliphatic heterocycles. The predicted molar refractivity (Wildman–Crippen MR) is 124 cm³/mol. The van der Waals surface area contributed by atoms with Gasteiger partial charge in [-0.05, 0) is 54.5 Å². The molecule has 2 unspecified atom stereocenters. The fourth-order valence-corrected chi connectivity index (χ4v) is 6.13. The Balaban J connectivity index is 1.02. The average Bonchev–Trinajstić information content (AvgIpc) is 3.58. The molecule has 32 heavy (non-hydrogen) atoms. The van der Waals surface area contributed by atoms with Gasteiger partial charge in [0.1, 0.15) is 11.9 Å². The average molecular weight is 450 g/mol. The molecule has 6 nitrogen and oxygen atoms in total. The van der Waals surface area contributed by atoms with Crippen molar-refractivity contribution in [3.05, 3.63) is 54.1 Å². The summed E-state index contributed by atoms with van der Waals surface area (Å²) in [6.07, 6.45) is 1.71. The van der Waals surface area contributed by atoms with E-state index in [1.165, 1.54) is 5.56 Å². The van der Waals surface area contributed by atoms with Crippen LogP contribution >= 0.6 is 11.3 Å². The van der Waals surface area contributed by atoms with Gasteiger partial charge in [-0.1, -0.05) is 35.6 Å². The smallest absolute Gasteiger partial charge is 0.279 e. The SMILES string of the molecule is O=C([C@H]1CCCO1)N1CC2CN(Cc3ccc(Oc4nc5ccccc5s4)cc3)CC2C1. The summed E-state index contributed by atoms with van der Waals surface area (Å²) < 4.78 is 12.7. The number of hydrogen-bond acceptors (Lipinski definition) is 6. The Bertz CT molecular complexity index is 1060. The highest BCUT2D eigenvalue weighted by molar-refractivity contribution is 7.20. The third kappa shape index (κ3) is 4.00. The zero-order chi connectivity index (χ0) is 21.5. The minimum Gasteiger partial charge on any atom is -0.431 e. The number of fused-ring (bicyclic) bond motifs is 2. The summed E-state index contributed by atoms with van der Waals surface area (Å²) in [5, 5.41) is 0.674. The summed E-state index contributed by atoms with van der Waals surface area (Å²) in [6.45, 7) is 5.56. The van der Waals surface area contributed by atoms with Crippen molar-refractivity contribution in [2.24, 2.45) is 11.8 Å². The second kappa shape index (κ2) is 8.46. The van der Waals surface area contributed by atoms with E-state index < -0.39 is 0 Å². The Morgan fingerprint density at radius 1 is 1.06 bits per heavy atom. The second-order valence-corrected chi connectivity index (χ2v) is 10.1. The van der Waals surface area contributed by atoms with Crippen LogP contribution < -0.4 is 4.74 Å². The van der Waals surface area contributed by atoms with Crippen LogP contribution in [-0.4, -0.2) is 59.6 Å². The molecular formula is C25H27N3O3S. The molecule has 0 aliphatic carbocycles. The molecule has 3 atom stereocenters. The molecule has 1 amide bonds. The Morgan fingerprint density at radius 2 is 1.84 bits per heavy atom. The van der Waals surface area contributed by atoms with Gasteiger partial charge in [-0.15, -0.1) is 0 Å². The van der Waals surface area contributed by atoms with E-state index in [-0.39, 0.29) is 12.0 Å². The van der Waals surface area contributed by atoms with E-state index in [9.17, 15) is 4.79 Å². The fourth-order valence-electron chi connectivity index (χ4n) is 5.29. The maximum absolute atomic E-state index is 12.6. The van der Waals surface area contributed by atoms with Gasteiger partial charge in [0.25, 0.3) is 11.1 Å². The molecule has 7 heteroatoms. The van der Waals surface area contributed by atoms with Crippen molar-refractivity contribution in [3.63, 3.8) is 0 Å². The summed E-state index contributed by atoms with van der Waals surface area (Å²) in [6, 6.07) is 16.4. The third-order valence-electron chi connectivity index (χ3n) is 6.89. The molecule has 3 aromatic rings. The van der Waals surface area contributed by atoms with Gasteiger partial charge in [-0.2, -0.15) is 0 Å². The molecule has 3 aliphatic rings. The van der Waals surface area contributed by atoms with E-state index in [1.54, 1.807) is 11.3 Å². The van der Waals surface area contributed by atoms with Gasteiger partial charge in [-0.3, -0.25) is 9.69 Å². The highest BCUT2D eigenvalue weighted by Gasteiger charge is 2.43. The molecule has 3 fully saturated rings. The molecule has 0 bridgehead atoms. The normalized spacial score (nSPS) is 25.5. The van der Waals surface area contributed by atoms with E-state index in [4.69, 9.17) is 9.47 Å². The Labute approximate surface area is 191 Å². The minimum absolute atomic E-state index is 0.187. The summed E-state index contributed by atoms with van der Waals surface area (Å²) in [5.41, 5.74) is 2.26. The minimum atomic E-state index is -0.187. The van der Waals surface area contributed by atoms with Crippen LogP contribution in [0.2, 0.25) is 0 Å². The number of para-hydroxylation sites is 1. The van der Waals surface area contributed by atoms with Crippen molar-refractivity contribution in [2.75, 3.05) is 32.8 Å². The molecule has 0 radical (unpaired) electrons. The topological polar surface area (TPSA) is 54.9 Å². The lowest BCUT2D eigenvalue weighted by molar-refractivity contribution is -0.140. The number of amides is 1. The van der Waals surface area contributed by atoms with E-state index in [1.807, 2.05) is 30.3 Å². The molecule has 0 N–H and O–H groups in total. The molecule has 4 heterocycles. The number of hydrogen-bond donors (Lipinski definition) is 0. The Kier molecular flexibility index (Phi) is 5.33. The number of benzene rings is 2. The zero-order valence-corrected chi connectivity index (χ0v) is 18.8. The van der Waals surface area contributed by atoms with Crippen molar-refractivity contribution in [1.29, 1.82) is 0 Å². The van der Waals surface area contributed by atoms with Crippen molar-refractivity contribution < 1.29 is 14.3 Å². The van der Waals surface area contributed by atoms with Crippen LogP contribution in [-0.2, 0) is 16.1 Å². The third-order valence-corrected chi connectivity index (χ3v) is 7.80. The molecule has 6 rings (SSSR count). The predicted octanol–water partition coefficient (Wildman–Crippen LogP) is 4.16. The summed E-state index contributed by atoms with van der Waals surface area (Å²) >= 11 is 1.56. The molecule has 0 spiro atoms. The number of rotatable bonds is 5. The van der Waals surface area contributed by atoms with Crippen LogP contribution in [0.3, 0.4) is 0 Å². The van der Waals surface area contributed by atoms with Crippen molar-refractivity contribution >= 4 is 27.5 Å². The number of likely N-dealkylation sites (tertiary alicyclic amines) is 2. The standard InChI is InChI=1S/C25H27N3O3S/c29-24(22-5-3-11-30-22)28-15-18-13-27(14-19(18)16-28)12-17-7-9-20(10-8-17)31-25-26-21-4-1-2-6-23(21)32-25/h1-2,4,6-10,18-19,22H,3,5,11-16H2/t18?,19?,22-/m1/s1. The van der Waals surface area contributed by atoms with Gasteiger partial charge in [0.15, 0.2) is 0 Å². The maximum atomic E-state index is 12.6. The van der Waals surface area contributed by atoms with Gasteiger partial charge >= 0.3 is 0 Å². The lowest BCUT2D eigenvalue weighted by atomic mass is 10.0. The van der Waals surface area contributed by atoms with E-state index in [0.717, 1.165) is 68.1 Å². The number of ether oxygens (including phenoxy) is 2. The largest absolute Gasteiger partial charge is 0.431 e. The Hall–Kier alpha value is -2.48. The van der Waals surface area contributed by atoms with E-state index in [0.29, 0.717) is 17.0 Å². The molecule has 2 aromatic carbocycles. The number of carbonyl (C=O) groups is 1. The lowest BCUT2D eigenvalue weighted by Crippen LogP contribution is -2.39. The van der Waals surface area contributed by atoms with Gasteiger partial charge in [-0.25, -0.2) is 4.98 Å². The highest BCUT2D eigenvalue weighted by atomic mass is 32.1. The van der Waals surface area contributed by atoms with Crippen LogP contribution in [0.4, 0.5) is 0 Å². The number of carbonyl (C=O) groups excluding carboxylic acids is 1. The monoisotopic (exact) mass is 449 g/mol. The first-order valence-corrected chi connectivity index (χ1v) is 12.3. The lowest BCUT2D eigenvalue weighted by Gasteiger charge is -2.23. The van der Waals surface area contributed by atoms with Crippen molar-refractivity contribution in [1.82, 2.24) is 14.8 Å². The quantitative estimate of drug-likeness (QED) is 0.586. The first kappa shape index (κ1) is 20.1. The molecule has 0 saturated carbocycles. The number of nitrogens with zero attached hydrogens (tertiary/aromatic N) is 3. The number of aromatic nitrogens is 1. The van der Waals surface area contributed by atoms with Crippen LogP contribution in [0.15, 0.2) is 48.5 Å². The fraction of sp³-hybridized carbons (Fsp3) is 0.440. The molecular weight excluding hydrogens is 422 g/mol. The highest BCUT2D eigenvalue weighted by Crippen LogP contribution is 2.34. The summed E-state index contributed by atoms with van der Waals surface area (Å²) in [7, 11) is 0. The van der Waals surface area contributed by atoms with Gasteiger partial charge in [0.2, 0.25) is 0 Å².